The molecule has 1 amide bonds. The SMILES string of the molecule is O=C(O)CN(C(=O)OCC1c2ccccc2-c2ccccc21)c1nc(C(F)(F)F)nc2ccccc12. The second-order valence-electron chi connectivity index (χ2n) is 8.17. The van der Waals surface area contributed by atoms with Crippen LogP contribution in [-0.2, 0) is 15.7 Å². The van der Waals surface area contributed by atoms with Crippen LogP contribution in [0, 0.1) is 0 Å². The monoisotopic (exact) mass is 493 g/mol. The third-order valence-corrected chi connectivity index (χ3v) is 5.94. The molecule has 0 aliphatic heterocycles. The highest BCUT2D eigenvalue weighted by Crippen LogP contribution is 2.44. The second-order valence-corrected chi connectivity index (χ2v) is 8.17. The van der Waals surface area contributed by atoms with Gasteiger partial charge in [0, 0.05) is 11.3 Å². The van der Waals surface area contributed by atoms with Crippen molar-refractivity contribution < 1.29 is 32.6 Å². The Morgan fingerprint density at radius 3 is 2.08 bits per heavy atom. The van der Waals surface area contributed by atoms with Gasteiger partial charge in [-0.15, -0.1) is 0 Å². The number of aliphatic carboxylic acids is 1. The van der Waals surface area contributed by atoms with Gasteiger partial charge < -0.3 is 9.84 Å². The molecule has 182 valence electrons. The van der Waals surface area contributed by atoms with E-state index in [1.165, 1.54) is 24.3 Å². The Labute approximate surface area is 202 Å². The van der Waals surface area contributed by atoms with Gasteiger partial charge in [0.2, 0.25) is 5.82 Å². The fourth-order valence-electron chi connectivity index (χ4n) is 4.43. The van der Waals surface area contributed by atoms with Crippen molar-refractivity contribution in [2.24, 2.45) is 0 Å². The number of nitrogens with zero attached hydrogens (tertiary/aromatic N) is 3. The van der Waals surface area contributed by atoms with E-state index >= 15 is 0 Å². The molecule has 1 heterocycles. The summed E-state index contributed by atoms with van der Waals surface area (Å²) in [5.41, 5.74) is 3.77. The van der Waals surface area contributed by atoms with Crippen LogP contribution in [-0.4, -0.2) is 40.3 Å². The van der Waals surface area contributed by atoms with Gasteiger partial charge >= 0.3 is 18.2 Å². The molecule has 1 aromatic heterocycles. The van der Waals surface area contributed by atoms with E-state index < -0.39 is 36.4 Å². The number of ether oxygens (including phenoxy) is 1. The molecule has 0 atom stereocenters. The minimum Gasteiger partial charge on any atom is -0.480 e. The number of halogens is 3. The van der Waals surface area contributed by atoms with E-state index in [0.717, 1.165) is 22.3 Å². The van der Waals surface area contributed by atoms with Crippen molar-refractivity contribution in [1.29, 1.82) is 0 Å². The van der Waals surface area contributed by atoms with Crippen LogP contribution in [0.3, 0.4) is 0 Å². The summed E-state index contributed by atoms with van der Waals surface area (Å²) in [6.45, 7) is -1.09. The molecule has 0 unspecified atom stereocenters. The number of aromatic nitrogens is 2. The first-order valence-corrected chi connectivity index (χ1v) is 10.9. The predicted octanol–water partition coefficient (Wildman–Crippen LogP) is 5.49. The molecule has 0 saturated heterocycles. The Kier molecular flexibility index (Phi) is 5.79. The van der Waals surface area contributed by atoms with Gasteiger partial charge in [-0.05, 0) is 34.4 Å². The van der Waals surface area contributed by atoms with Crippen LogP contribution in [0.15, 0.2) is 72.8 Å². The maximum atomic E-state index is 13.5. The van der Waals surface area contributed by atoms with Gasteiger partial charge in [-0.25, -0.2) is 19.7 Å². The van der Waals surface area contributed by atoms with Gasteiger partial charge in [-0.3, -0.25) is 4.79 Å². The number of hydrogen-bond donors (Lipinski definition) is 1. The number of hydrogen-bond acceptors (Lipinski definition) is 5. The van der Waals surface area contributed by atoms with E-state index in [-0.39, 0.29) is 23.4 Å². The Hall–Kier alpha value is -4.47. The van der Waals surface area contributed by atoms with Crippen LogP contribution < -0.4 is 4.90 Å². The van der Waals surface area contributed by atoms with Crippen molar-refractivity contribution >= 4 is 28.8 Å². The van der Waals surface area contributed by atoms with Crippen molar-refractivity contribution in [3.05, 3.63) is 89.7 Å². The number of anilines is 1. The van der Waals surface area contributed by atoms with Crippen LogP contribution in [0.5, 0.6) is 0 Å². The summed E-state index contributed by atoms with van der Waals surface area (Å²) in [4.78, 5) is 32.4. The predicted molar refractivity (Wildman–Crippen MR) is 125 cm³/mol. The van der Waals surface area contributed by atoms with Crippen LogP contribution >= 0.6 is 0 Å². The van der Waals surface area contributed by atoms with Gasteiger partial charge in [0.15, 0.2) is 5.82 Å². The van der Waals surface area contributed by atoms with Crippen molar-refractivity contribution in [3.8, 4) is 11.1 Å². The van der Waals surface area contributed by atoms with Gasteiger partial charge in [-0.2, -0.15) is 13.2 Å². The summed E-state index contributed by atoms with van der Waals surface area (Å²) in [6, 6.07) is 21.0. The summed E-state index contributed by atoms with van der Waals surface area (Å²) >= 11 is 0. The minimum absolute atomic E-state index is 0.0836. The summed E-state index contributed by atoms with van der Waals surface area (Å²) in [6.07, 6.45) is -6.04. The number of rotatable bonds is 5. The fraction of sp³-hybridized carbons (Fsp3) is 0.154. The highest BCUT2D eigenvalue weighted by Gasteiger charge is 2.37. The van der Waals surface area contributed by atoms with Crippen molar-refractivity contribution in [2.75, 3.05) is 18.1 Å². The first kappa shape index (κ1) is 23.3. The highest BCUT2D eigenvalue weighted by atomic mass is 19.4. The molecular formula is C26H18F3N3O4. The van der Waals surface area contributed by atoms with E-state index in [1.54, 1.807) is 0 Å². The topological polar surface area (TPSA) is 92.6 Å². The zero-order valence-electron chi connectivity index (χ0n) is 18.6. The number of para-hydroxylation sites is 1. The number of benzene rings is 3. The molecule has 0 spiro atoms. The number of alkyl halides is 3. The summed E-state index contributed by atoms with van der Waals surface area (Å²) in [7, 11) is 0. The quantitative estimate of drug-likeness (QED) is 0.395. The van der Waals surface area contributed by atoms with Gasteiger partial charge in [-0.1, -0.05) is 60.7 Å². The minimum atomic E-state index is -4.91. The zero-order valence-corrected chi connectivity index (χ0v) is 18.6. The van der Waals surface area contributed by atoms with E-state index in [0.29, 0.717) is 4.90 Å². The molecule has 1 aliphatic rings. The molecule has 1 N–H and O–H groups in total. The standard InChI is InChI=1S/C26H18F3N3O4/c27-26(28,29)24-30-21-12-6-5-11-19(21)23(31-24)32(13-22(33)34)25(35)36-14-20-17-9-3-1-7-15(17)16-8-2-4-10-18(16)20/h1-12,20H,13-14H2,(H,33,34). The molecule has 0 fully saturated rings. The number of amides is 1. The number of carboxylic acid groups (broad SMARTS) is 1. The molecule has 7 nitrogen and oxygen atoms in total. The first-order chi connectivity index (χ1) is 17.2. The summed E-state index contributed by atoms with van der Waals surface area (Å²) in [5.74, 6) is -3.74. The number of carboxylic acids is 1. The van der Waals surface area contributed by atoms with Gasteiger partial charge in [0.05, 0.1) is 5.52 Å². The van der Waals surface area contributed by atoms with E-state index in [2.05, 4.69) is 9.97 Å². The Morgan fingerprint density at radius 2 is 1.47 bits per heavy atom. The largest absolute Gasteiger partial charge is 0.480 e. The molecule has 0 bridgehead atoms. The van der Waals surface area contributed by atoms with E-state index in [4.69, 9.17) is 4.74 Å². The van der Waals surface area contributed by atoms with Crippen LogP contribution in [0.4, 0.5) is 23.8 Å². The lowest BCUT2D eigenvalue weighted by molar-refractivity contribution is -0.144. The average molecular weight is 493 g/mol. The molecule has 4 aromatic rings. The Bertz CT molecular complexity index is 1440. The second kappa shape index (κ2) is 8.95. The van der Waals surface area contributed by atoms with Crippen LogP contribution in [0.1, 0.15) is 22.9 Å². The summed E-state index contributed by atoms with van der Waals surface area (Å²) in [5, 5.41) is 9.50. The lowest BCUT2D eigenvalue weighted by Gasteiger charge is -2.23. The molecule has 36 heavy (non-hydrogen) atoms. The third-order valence-electron chi connectivity index (χ3n) is 5.94. The van der Waals surface area contributed by atoms with Crippen molar-refractivity contribution in [1.82, 2.24) is 9.97 Å². The maximum Gasteiger partial charge on any atom is 0.451 e. The average Bonchev–Trinajstić information content (AvgIpc) is 3.18. The van der Waals surface area contributed by atoms with Gasteiger partial charge in [0.25, 0.3) is 0 Å². The first-order valence-electron chi connectivity index (χ1n) is 10.9. The highest BCUT2D eigenvalue weighted by molar-refractivity contribution is 6.01. The van der Waals surface area contributed by atoms with Crippen LogP contribution in [0.2, 0.25) is 0 Å². The molecule has 0 saturated carbocycles. The lowest BCUT2D eigenvalue weighted by atomic mass is 9.98. The molecule has 3 aromatic carbocycles. The van der Waals surface area contributed by atoms with Crippen LogP contribution in [0.25, 0.3) is 22.0 Å². The number of fused-ring (bicyclic) bond motifs is 4. The van der Waals surface area contributed by atoms with E-state index in [1.807, 2.05) is 48.5 Å². The summed E-state index contributed by atoms with van der Waals surface area (Å²) < 4.78 is 46.0. The number of carbonyl (C=O) groups excluding carboxylic acids is 1. The molecule has 1 aliphatic carbocycles. The van der Waals surface area contributed by atoms with Crippen molar-refractivity contribution in [3.63, 3.8) is 0 Å². The third kappa shape index (κ3) is 4.21. The normalized spacial score (nSPS) is 12.8. The van der Waals surface area contributed by atoms with Crippen molar-refractivity contribution in [2.45, 2.75) is 12.1 Å². The smallest absolute Gasteiger partial charge is 0.451 e. The number of carbonyl (C=O) groups is 2. The van der Waals surface area contributed by atoms with E-state index in [9.17, 15) is 27.9 Å². The lowest BCUT2D eigenvalue weighted by Crippen LogP contribution is -2.38. The Balaban J connectivity index is 1.50. The van der Waals surface area contributed by atoms with Gasteiger partial charge in [0.1, 0.15) is 13.2 Å². The molecule has 10 heteroatoms. The Morgan fingerprint density at radius 1 is 0.889 bits per heavy atom. The zero-order chi connectivity index (χ0) is 25.4. The fourth-order valence-corrected chi connectivity index (χ4v) is 4.43. The molecular weight excluding hydrogens is 475 g/mol. The maximum absolute atomic E-state index is 13.5. The molecule has 0 radical (unpaired) electrons. The molecule has 5 rings (SSSR count).